The summed E-state index contributed by atoms with van der Waals surface area (Å²) in [7, 11) is 3.98. The normalized spacial score (nSPS) is 16.1. The number of benzene rings is 1. The highest BCUT2D eigenvalue weighted by Crippen LogP contribution is 2.32. The molecule has 192 valence electrons. The largest absolute Gasteiger partial charge is 0.388 e. The van der Waals surface area contributed by atoms with E-state index in [1.165, 1.54) is 12.8 Å². The van der Waals surface area contributed by atoms with Crippen molar-refractivity contribution in [1.29, 1.82) is 0 Å². The van der Waals surface area contributed by atoms with E-state index in [0.29, 0.717) is 11.3 Å². The summed E-state index contributed by atoms with van der Waals surface area (Å²) in [6, 6.07) is 12.1. The van der Waals surface area contributed by atoms with Crippen molar-refractivity contribution in [2.75, 3.05) is 73.8 Å². The quantitative estimate of drug-likeness (QED) is 0.474. The minimum absolute atomic E-state index is 0.258. The molecule has 3 aromatic rings. The molecule has 4 heterocycles. The average molecular weight is 498 g/mol. The van der Waals surface area contributed by atoms with Crippen LogP contribution in [0.2, 0.25) is 0 Å². The van der Waals surface area contributed by atoms with E-state index in [1.54, 1.807) is 6.20 Å². The van der Waals surface area contributed by atoms with E-state index in [9.17, 15) is 4.79 Å². The van der Waals surface area contributed by atoms with Crippen molar-refractivity contribution in [2.45, 2.75) is 12.8 Å². The maximum Gasteiger partial charge on any atom is 0.255 e. The zero-order valence-corrected chi connectivity index (χ0v) is 21.7. The van der Waals surface area contributed by atoms with E-state index in [4.69, 9.17) is 0 Å². The predicted molar refractivity (Wildman–Crippen MR) is 152 cm³/mol. The zero-order chi connectivity index (χ0) is 25.8. The Labute approximate surface area is 219 Å². The Morgan fingerprint density at radius 1 is 0.892 bits per heavy atom. The van der Waals surface area contributed by atoms with Gasteiger partial charge in [-0.15, -0.1) is 0 Å². The van der Waals surface area contributed by atoms with Crippen LogP contribution >= 0.6 is 0 Å². The first-order valence-corrected chi connectivity index (χ1v) is 12.9. The Bertz CT molecular complexity index is 1260. The minimum Gasteiger partial charge on any atom is -0.388 e. The van der Waals surface area contributed by atoms with Crippen LogP contribution in [0.15, 0.2) is 61.6 Å². The monoisotopic (exact) mass is 497 g/mol. The molecule has 2 N–H and O–H groups in total. The Morgan fingerprint density at radius 2 is 1.68 bits per heavy atom. The van der Waals surface area contributed by atoms with Crippen molar-refractivity contribution in [3.63, 3.8) is 0 Å². The Morgan fingerprint density at radius 3 is 2.38 bits per heavy atom. The standard InChI is InChI=1S/C29H35N7O/c1-21(29(37)33-24-7-9-28(32-19-24)36-14-12-34(3)13-15-36)26-17-22(6-8-27(26)30-2)23-16-25(20-31-18-23)35-10-4-5-11-35/h6-9,16-20,30H,1,4-5,10-15H2,2-3H3,(H,33,37). The lowest BCUT2D eigenvalue weighted by molar-refractivity contribution is -0.111. The lowest BCUT2D eigenvalue weighted by atomic mass is 9.98. The SMILES string of the molecule is C=C(C(=O)Nc1ccc(N2CCN(C)CC2)nc1)c1cc(-c2cncc(N3CCCC3)c2)ccc1NC. The number of piperazine rings is 1. The number of carbonyl (C=O) groups excluding carboxylic acids is 1. The Kier molecular flexibility index (Phi) is 7.37. The second-order valence-corrected chi connectivity index (χ2v) is 9.76. The lowest BCUT2D eigenvalue weighted by Crippen LogP contribution is -2.44. The van der Waals surface area contributed by atoms with E-state index in [2.05, 4.69) is 55.0 Å². The molecule has 2 saturated heterocycles. The smallest absolute Gasteiger partial charge is 0.255 e. The van der Waals surface area contributed by atoms with Gasteiger partial charge < -0.3 is 25.3 Å². The highest BCUT2D eigenvalue weighted by molar-refractivity contribution is 6.25. The van der Waals surface area contributed by atoms with Gasteiger partial charge in [-0.1, -0.05) is 12.6 Å². The number of anilines is 4. The van der Waals surface area contributed by atoms with Gasteiger partial charge in [0.05, 0.1) is 23.8 Å². The van der Waals surface area contributed by atoms with Crippen LogP contribution in [-0.4, -0.2) is 74.1 Å². The van der Waals surface area contributed by atoms with Crippen LogP contribution in [0.1, 0.15) is 18.4 Å². The van der Waals surface area contributed by atoms with Gasteiger partial charge in [0.1, 0.15) is 5.82 Å². The van der Waals surface area contributed by atoms with Crippen molar-refractivity contribution in [3.05, 3.63) is 67.1 Å². The molecular formula is C29H35N7O. The summed E-state index contributed by atoms with van der Waals surface area (Å²) in [5.41, 5.74) is 5.78. The molecule has 0 bridgehead atoms. The highest BCUT2D eigenvalue weighted by Gasteiger charge is 2.18. The third kappa shape index (κ3) is 5.59. The molecule has 2 aromatic heterocycles. The first-order valence-electron chi connectivity index (χ1n) is 12.9. The number of carbonyl (C=O) groups is 1. The van der Waals surface area contributed by atoms with E-state index in [0.717, 1.165) is 73.2 Å². The van der Waals surface area contributed by atoms with Crippen LogP contribution in [0, 0.1) is 0 Å². The molecule has 8 heteroatoms. The van der Waals surface area contributed by atoms with Gasteiger partial charge in [-0.25, -0.2) is 4.98 Å². The molecule has 37 heavy (non-hydrogen) atoms. The summed E-state index contributed by atoms with van der Waals surface area (Å²) in [6.45, 7) is 10.2. The second kappa shape index (κ2) is 11.0. The molecule has 0 spiro atoms. The highest BCUT2D eigenvalue weighted by atomic mass is 16.1. The van der Waals surface area contributed by atoms with E-state index < -0.39 is 0 Å². The van der Waals surface area contributed by atoms with Gasteiger partial charge >= 0.3 is 0 Å². The van der Waals surface area contributed by atoms with Gasteiger partial charge in [-0.2, -0.15) is 0 Å². The van der Waals surface area contributed by atoms with Crippen molar-refractivity contribution < 1.29 is 4.79 Å². The van der Waals surface area contributed by atoms with Crippen LogP contribution in [0.25, 0.3) is 16.7 Å². The van der Waals surface area contributed by atoms with Gasteiger partial charge in [0.25, 0.3) is 5.91 Å². The summed E-state index contributed by atoms with van der Waals surface area (Å²) < 4.78 is 0. The molecule has 1 aromatic carbocycles. The molecule has 0 saturated carbocycles. The molecule has 0 atom stereocenters. The second-order valence-electron chi connectivity index (χ2n) is 9.76. The molecular weight excluding hydrogens is 462 g/mol. The summed E-state index contributed by atoms with van der Waals surface area (Å²) in [5.74, 6) is 0.673. The van der Waals surface area contributed by atoms with Crippen molar-refractivity contribution >= 4 is 34.4 Å². The molecule has 5 rings (SSSR count). The van der Waals surface area contributed by atoms with Crippen LogP contribution < -0.4 is 20.4 Å². The first-order chi connectivity index (χ1) is 18.0. The number of rotatable bonds is 7. The van der Waals surface area contributed by atoms with Crippen molar-refractivity contribution in [3.8, 4) is 11.1 Å². The van der Waals surface area contributed by atoms with Crippen molar-refractivity contribution in [2.24, 2.45) is 0 Å². The molecule has 2 aliphatic rings. The van der Waals surface area contributed by atoms with Crippen LogP contribution in [-0.2, 0) is 4.79 Å². The van der Waals surface area contributed by atoms with E-state index in [1.807, 2.05) is 49.8 Å². The Hall–Kier alpha value is -3.91. The number of pyridine rings is 2. The number of hydrogen-bond donors (Lipinski definition) is 2. The third-order valence-electron chi connectivity index (χ3n) is 7.25. The minimum atomic E-state index is -0.258. The molecule has 8 nitrogen and oxygen atoms in total. The van der Waals surface area contributed by atoms with Gasteiger partial charge in [0.15, 0.2) is 0 Å². The molecule has 2 fully saturated rings. The summed E-state index contributed by atoms with van der Waals surface area (Å²) in [5, 5.41) is 6.15. The van der Waals surface area contributed by atoms with Gasteiger partial charge in [-0.3, -0.25) is 9.78 Å². The number of hydrogen-bond acceptors (Lipinski definition) is 7. The summed E-state index contributed by atoms with van der Waals surface area (Å²) in [4.78, 5) is 29.2. The molecule has 0 unspecified atom stereocenters. The maximum atomic E-state index is 13.2. The summed E-state index contributed by atoms with van der Waals surface area (Å²) in [6.07, 6.45) is 7.94. The first kappa shape index (κ1) is 24.8. The fraction of sp³-hybridized carbons (Fsp3) is 0.345. The van der Waals surface area contributed by atoms with E-state index in [-0.39, 0.29) is 5.91 Å². The lowest BCUT2D eigenvalue weighted by Gasteiger charge is -2.33. The van der Waals surface area contributed by atoms with Gasteiger partial charge in [0.2, 0.25) is 0 Å². The van der Waals surface area contributed by atoms with Gasteiger partial charge in [-0.05, 0) is 55.8 Å². The number of aromatic nitrogens is 2. The van der Waals surface area contributed by atoms with Crippen molar-refractivity contribution in [1.82, 2.24) is 14.9 Å². The third-order valence-corrected chi connectivity index (χ3v) is 7.25. The van der Waals surface area contributed by atoms with Crippen LogP contribution in [0.4, 0.5) is 22.9 Å². The number of amides is 1. The zero-order valence-electron chi connectivity index (χ0n) is 21.7. The Balaban J connectivity index is 1.31. The number of likely N-dealkylation sites (N-methyl/N-ethyl adjacent to an activating group) is 1. The molecule has 0 aliphatic carbocycles. The number of nitrogens with one attached hydrogen (secondary N) is 2. The maximum absolute atomic E-state index is 13.2. The number of nitrogens with zero attached hydrogens (tertiary/aromatic N) is 5. The van der Waals surface area contributed by atoms with Crippen LogP contribution in [0.3, 0.4) is 0 Å². The fourth-order valence-electron chi connectivity index (χ4n) is 4.94. The predicted octanol–water partition coefficient (Wildman–Crippen LogP) is 4.19. The van der Waals surface area contributed by atoms with Crippen LogP contribution in [0.5, 0.6) is 0 Å². The molecule has 0 radical (unpaired) electrons. The van der Waals surface area contributed by atoms with Gasteiger partial charge in [0, 0.05) is 74.9 Å². The average Bonchev–Trinajstić information content (AvgIpc) is 3.49. The topological polar surface area (TPSA) is 76.6 Å². The molecule has 2 aliphatic heterocycles. The summed E-state index contributed by atoms with van der Waals surface area (Å²) >= 11 is 0. The molecule has 1 amide bonds. The van der Waals surface area contributed by atoms with E-state index >= 15 is 0 Å². The fourth-order valence-corrected chi connectivity index (χ4v) is 4.94.